The van der Waals surface area contributed by atoms with Gasteiger partial charge in [-0.1, -0.05) is 135 Å². The quantitative estimate of drug-likeness (QED) is 0.0293. The summed E-state index contributed by atoms with van der Waals surface area (Å²) in [7, 11) is 0. The van der Waals surface area contributed by atoms with E-state index in [1.54, 1.807) is 0 Å². The van der Waals surface area contributed by atoms with Crippen LogP contribution in [0.15, 0.2) is 34.9 Å². The number of hydrogen-bond acceptors (Lipinski definition) is 15. The van der Waals surface area contributed by atoms with Gasteiger partial charge in [-0.15, -0.1) is 0 Å². The van der Waals surface area contributed by atoms with Gasteiger partial charge in [-0.3, -0.25) is 0 Å². The molecule has 0 bridgehead atoms. The zero-order chi connectivity index (χ0) is 71.6. The van der Waals surface area contributed by atoms with Gasteiger partial charge in [0.1, 0.15) is 0 Å². The number of rotatable bonds is 72. The summed E-state index contributed by atoms with van der Waals surface area (Å²) in [6.45, 7) is 5.18. The van der Waals surface area contributed by atoms with Crippen molar-refractivity contribution in [3.63, 3.8) is 0 Å². The van der Waals surface area contributed by atoms with Gasteiger partial charge in [0.2, 0.25) is 0 Å². The van der Waals surface area contributed by atoms with Crippen LogP contribution in [0.2, 0.25) is 8.87 Å². The average molecular weight is 1610 g/mol. The molecule has 2 rings (SSSR count). The van der Waals surface area contributed by atoms with Gasteiger partial charge < -0.3 is 15.3 Å². The molecule has 99 heavy (non-hydrogen) atoms. The fourth-order valence-electron chi connectivity index (χ4n) is 13.7. The van der Waals surface area contributed by atoms with Crippen molar-refractivity contribution in [1.82, 2.24) is 0 Å². The predicted octanol–water partition coefficient (Wildman–Crippen LogP) is 22.5. The molecular weight excluding hydrogens is 1460 g/mol. The molecule has 17 heteroatoms. The van der Waals surface area contributed by atoms with Gasteiger partial charge in [-0.25, -0.2) is 0 Å². The van der Waals surface area contributed by atoms with Crippen molar-refractivity contribution in [2.45, 2.75) is 427 Å². The van der Waals surface area contributed by atoms with Gasteiger partial charge in [0.05, 0.1) is 0 Å². The molecule has 3 N–H and O–H groups in total. The Morgan fingerprint density at radius 2 is 0.566 bits per heavy atom. The predicted molar refractivity (Wildman–Crippen MR) is 405 cm³/mol. The van der Waals surface area contributed by atoms with Gasteiger partial charge in [0, 0.05) is 19.8 Å². The second-order valence-corrected chi connectivity index (χ2v) is 43.4. The van der Waals surface area contributed by atoms with Crippen LogP contribution in [0.1, 0.15) is 418 Å². The van der Waals surface area contributed by atoms with Crippen LogP contribution in [0, 0.1) is 0 Å². The second-order valence-electron chi connectivity index (χ2n) is 29.2. The normalized spacial score (nSPS) is 16.6. The Bertz CT molecular complexity index is 2130. The third-order valence-electron chi connectivity index (χ3n) is 19.9. The van der Waals surface area contributed by atoms with E-state index in [-0.39, 0.29) is 38.6 Å². The molecule has 0 saturated heterocycles. The number of aliphatic hydroxyl groups excluding tert-OH is 3. The maximum atomic E-state index is 14.9. The number of carbonyl (C=O) groups excluding carboxylic acids is 6. The molecular formula is C82H148O15Sn2. The van der Waals surface area contributed by atoms with Crippen molar-refractivity contribution in [2.75, 3.05) is 19.8 Å². The molecule has 0 aromatic carbocycles. The summed E-state index contributed by atoms with van der Waals surface area (Å²) in [5, 5.41) is 27.0. The summed E-state index contributed by atoms with van der Waals surface area (Å²) in [6, 6.07) is 0. The van der Waals surface area contributed by atoms with E-state index in [1.165, 1.54) is 192 Å². The number of carbonyl (C=O) groups is 6. The van der Waals surface area contributed by atoms with Crippen LogP contribution < -0.4 is 0 Å². The van der Waals surface area contributed by atoms with E-state index in [2.05, 4.69) is 13.8 Å². The van der Waals surface area contributed by atoms with E-state index in [4.69, 9.17) is 33.8 Å². The van der Waals surface area contributed by atoms with E-state index >= 15 is 0 Å². The Labute approximate surface area is 615 Å². The van der Waals surface area contributed by atoms with Crippen molar-refractivity contribution in [2.24, 2.45) is 0 Å². The number of hydrogen-bond donors (Lipinski definition) is 3. The molecule has 2 atom stereocenters. The monoisotopic (exact) mass is 1610 g/mol. The van der Waals surface area contributed by atoms with Crippen LogP contribution >= 0.6 is 0 Å². The first kappa shape index (κ1) is 92.6. The third-order valence-corrected chi connectivity index (χ3v) is 34.1. The van der Waals surface area contributed by atoms with Gasteiger partial charge in [0.25, 0.3) is 0 Å². The molecule has 2 aliphatic rings. The van der Waals surface area contributed by atoms with Crippen LogP contribution in [0.3, 0.4) is 0 Å². The summed E-state index contributed by atoms with van der Waals surface area (Å²) < 4.78 is 37.4. The van der Waals surface area contributed by atoms with E-state index in [0.717, 1.165) is 179 Å². The first-order valence-electron chi connectivity index (χ1n) is 41.8. The van der Waals surface area contributed by atoms with Crippen molar-refractivity contribution in [1.29, 1.82) is 0 Å². The van der Waals surface area contributed by atoms with E-state index in [9.17, 15) is 28.8 Å². The Morgan fingerprint density at radius 3 is 0.848 bits per heavy atom. The van der Waals surface area contributed by atoms with Crippen LogP contribution in [0.4, 0.5) is 0 Å². The molecule has 0 aromatic rings. The van der Waals surface area contributed by atoms with Crippen molar-refractivity contribution < 1.29 is 62.5 Å². The topological polar surface area (TPSA) is 218 Å². The number of unbranched alkanes of at least 4 members (excludes halogenated alkanes) is 55. The molecule has 0 aromatic heterocycles. The molecule has 574 valence electrons. The van der Waals surface area contributed by atoms with Crippen LogP contribution in [-0.4, -0.2) is 110 Å². The molecule has 0 amide bonds. The standard InChI is InChI=1S/3C22H40O5.2C8H17.2Sn/c3*23-18-16-14-12-10-8-6-4-2-1-3-5-7-9-11-13-15-17-20(22(26)27)19-21(24)25;2*1-3-5-7-8-6-4-2;;/h3*19,23H,1-18H2,(H,24,25)(H,26,27);2*1,3-8H2,2H3;;/q;;;;;2*+3/p-6/b20-19-;;;;;;. The minimum atomic E-state index is -5.48. The van der Waals surface area contributed by atoms with Crippen LogP contribution in [-0.2, 0) is 47.2 Å². The fraction of sp³-hybridized carbons (Fsp3) is 0.854. The first-order valence-corrected chi connectivity index (χ1v) is 52.8. The van der Waals surface area contributed by atoms with Crippen LogP contribution in [0.5, 0.6) is 0 Å². The molecule has 2 unspecified atom stereocenters. The molecule has 0 aliphatic carbocycles. The first-order chi connectivity index (χ1) is 48.5. The zero-order valence-electron chi connectivity index (χ0n) is 63.6. The summed E-state index contributed by atoms with van der Waals surface area (Å²) in [4.78, 5) is 85.4. The van der Waals surface area contributed by atoms with Gasteiger partial charge >= 0.3 is 430 Å². The Hall–Kier alpha value is -2.48. The average Bonchev–Trinajstić information content (AvgIpc) is 1.76. The Morgan fingerprint density at radius 1 is 0.323 bits per heavy atom. The van der Waals surface area contributed by atoms with E-state index in [1.807, 2.05) is 0 Å². The maximum absolute atomic E-state index is 14.9. The van der Waals surface area contributed by atoms with Crippen molar-refractivity contribution in [3.05, 3.63) is 34.9 Å². The second kappa shape index (κ2) is 66.2. The summed E-state index contributed by atoms with van der Waals surface area (Å²) in [6.07, 6.45) is 69.2. The van der Waals surface area contributed by atoms with Gasteiger partial charge in [0.15, 0.2) is 0 Å². The van der Waals surface area contributed by atoms with E-state index < -0.39 is 75.1 Å². The van der Waals surface area contributed by atoms with Crippen molar-refractivity contribution >= 4 is 75.1 Å². The Kier molecular flexibility index (Phi) is 61.9. The van der Waals surface area contributed by atoms with Crippen LogP contribution in [0.25, 0.3) is 0 Å². The molecule has 0 saturated carbocycles. The van der Waals surface area contributed by atoms with E-state index in [0.29, 0.717) is 58.2 Å². The van der Waals surface area contributed by atoms with Gasteiger partial charge in [-0.2, -0.15) is 0 Å². The molecule has 0 fully saturated rings. The summed E-state index contributed by atoms with van der Waals surface area (Å²) in [5.74, 6) is -4.81. The summed E-state index contributed by atoms with van der Waals surface area (Å²) in [5.41, 5.74) is 0.383. The number of aliphatic hydroxyl groups is 3. The molecule has 2 aliphatic heterocycles. The molecule has 2 heterocycles. The molecule has 0 radical (unpaired) electrons. The SMILES string of the molecule is CCCCCCC[CH2][Sn]1([O]C(=O)/C=C(/CCCCCCCCCCCCCCCCCCO)C(=O)[O][Sn]2([CH2]CCCCCCC)[O]C(=O)C=C(CCCCCCCCCCCCCCCCCCO)C(=O)[O]2)[O]C(=O)C=C(CCCCCCCCCCCCCCCCCCO)C(=O)[O]1. The van der Waals surface area contributed by atoms with Gasteiger partial charge in [-0.05, 0) is 19.3 Å². The fourth-order valence-corrected chi connectivity index (χ4v) is 26.7. The molecule has 15 nitrogen and oxygen atoms in total. The third kappa shape index (κ3) is 52.2. The minimum absolute atomic E-state index is 0.0372. The summed E-state index contributed by atoms with van der Waals surface area (Å²) >= 11 is -10.9. The zero-order valence-corrected chi connectivity index (χ0v) is 69.3. The van der Waals surface area contributed by atoms with Crippen molar-refractivity contribution in [3.8, 4) is 0 Å². The molecule has 0 spiro atoms. The Balaban J connectivity index is 2.22.